The molecule has 1 atom stereocenters. The summed E-state index contributed by atoms with van der Waals surface area (Å²) in [4.78, 5) is 33.9. The fraction of sp³-hybridized carbons (Fsp3) is 0.125. The fourth-order valence-corrected chi connectivity index (χ4v) is 2.12. The maximum absolute atomic E-state index is 12.8. The number of amides is 2. The van der Waals surface area contributed by atoms with E-state index >= 15 is 0 Å². The highest BCUT2D eigenvalue weighted by Gasteiger charge is 2.18. The third-order valence-corrected chi connectivity index (χ3v) is 3.52. The summed E-state index contributed by atoms with van der Waals surface area (Å²) in [7, 11) is 0. The van der Waals surface area contributed by atoms with Crippen molar-refractivity contribution in [3.05, 3.63) is 69.0 Å². The number of nitrogens with zero attached hydrogens (tertiary/aromatic N) is 1. The molecule has 0 bridgehead atoms. The van der Waals surface area contributed by atoms with Gasteiger partial charge in [-0.1, -0.05) is 11.6 Å². The van der Waals surface area contributed by atoms with E-state index < -0.39 is 28.7 Å². The van der Waals surface area contributed by atoms with Crippen molar-refractivity contribution in [1.82, 2.24) is 10.9 Å². The van der Waals surface area contributed by atoms with Crippen molar-refractivity contribution in [3.63, 3.8) is 0 Å². The minimum atomic E-state index is -0.979. The van der Waals surface area contributed by atoms with Gasteiger partial charge in [0.2, 0.25) is 0 Å². The van der Waals surface area contributed by atoms with Gasteiger partial charge in [0.1, 0.15) is 11.6 Å². The summed E-state index contributed by atoms with van der Waals surface area (Å²) in [5.41, 5.74) is 3.96. The number of nitro groups is 1. The highest BCUT2D eigenvalue weighted by Crippen LogP contribution is 2.22. The molecule has 26 heavy (non-hydrogen) atoms. The first kappa shape index (κ1) is 19.1. The minimum Gasteiger partial charge on any atom is -0.481 e. The molecule has 2 rings (SSSR count). The van der Waals surface area contributed by atoms with E-state index in [9.17, 15) is 24.1 Å². The summed E-state index contributed by atoms with van der Waals surface area (Å²) in [6.45, 7) is 1.43. The molecule has 0 saturated carbocycles. The molecule has 2 aromatic rings. The van der Waals surface area contributed by atoms with Gasteiger partial charge in [-0.05, 0) is 37.3 Å². The van der Waals surface area contributed by atoms with Gasteiger partial charge in [0, 0.05) is 12.1 Å². The Bertz CT molecular complexity index is 844. The van der Waals surface area contributed by atoms with E-state index in [1.165, 1.54) is 37.3 Å². The molecule has 10 heteroatoms. The maximum Gasteiger partial charge on any atom is 0.279 e. The quantitative estimate of drug-likeness (QED) is 0.611. The molecular weight excluding hydrogens is 369 g/mol. The molecule has 0 aliphatic heterocycles. The number of carbonyl (C=O) groups excluding carboxylic acids is 2. The van der Waals surface area contributed by atoms with E-state index in [1.54, 1.807) is 0 Å². The van der Waals surface area contributed by atoms with Gasteiger partial charge in [-0.25, -0.2) is 4.39 Å². The number of benzene rings is 2. The van der Waals surface area contributed by atoms with Crippen LogP contribution in [0, 0.1) is 15.9 Å². The average molecular weight is 382 g/mol. The topological polar surface area (TPSA) is 111 Å². The third-order valence-electron chi connectivity index (χ3n) is 3.20. The zero-order valence-electron chi connectivity index (χ0n) is 13.4. The Kier molecular flexibility index (Phi) is 6.07. The molecule has 0 spiro atoms. The Balaban J connectivity index is 1.92. The van der Waals surface area contributed by atoms with Crippen LogP contribution >= 0.6 is 11.6 Å². The number of rotatable bonds is 5. The van der Waals surface area contributed by atoms with Crippen LogP contribution in [0.2, 0.25) is 5.02 Å². The van der Waals surface area contributed by atoms with Gasteiger partial charge in [0.15, 0.2) is 6.10 Å². The van der Waals surface area contributed by atoms with Gasteiger partial charge in [-0.15, -0.1) is 0 Å². The van der Waals surface area contributed by atoms with E-state index in [-0.39, 0.29) is 22.0 Å². The van der Waals surface area contributed by atoms with Crippen molar-refractivity contribution in [1.29, 1.82) is 0 Å². The number of ether oxygens (including phenoxy) is 1. The largest absolute Gasteiger partial charge is 0.481 e. The molecule has 2 N–H and O–H groups in total. The molecule has 0 aliphatic carbocycles. The van der Waals surface area contributed by atoms with E-state index in [0.717, 1.165) is 12.1 Å². The lowest BCUT2D eigenvalue weighted by atomic mass is 10.2. The molecule has 2 amide bonds. The van der Waals surface area contributed by atoms with Crippen LogP contribution in [-0.2, 0) is 4.79 Å². The Hall–Kier alpha value is -3.20. The molecule has 0 aromatic heterocycles. The molecule has 2 aromatic carbocycles. The maximum atomic E-state index is 12.8. The van der Waals surface area contributed by atoms with Crippen molar-refractivity contribution in [2.45, 2.75) is 13.0 Å². The van der Waals surface area contributed by atoms with Crippen LogP contribution in [0.4, 0.5) is 10.1 Å². The number of hydrogen-bond donors (Lipinski definition) is 2. The van der Waals surface area contributed by atoms with Crippen LogP contribution < -0.4 is 15.6 Å². The van der Waals surface area contributed by atoms with E-state index in [4.69, 9.17) is 16.3 Å². The summed E-state index contributed by atoms with van der Waals surface area (Å²) < 4.78 is 18.1. The van der Waals surface area contributed by atoms with Gasteiger partial charge in [0.05, 0.1) is 15.5 Å². The van der Waals surface area contributed by atoms with Gasteiger partial charge in [-0.3, -0.25) is 30.6 Å². The lowest BCUT2D eigenvalue weighted by Gasteiger charge is -2.15. The molecule has 0 aliphatic rings. The van der Waals surface area contributed by atoms with Gasteiger partial charge in [-0.2, -0.15) is 0 Å². The molecule has 1 unspecified atom stereocenters. The Labute approximate surface area is 152 Å². The number of hydrazine groups is 1. The highest BCUT2D eigenvalue weighted by molar-refractivity contribution is 6.34. The Morgan fingerprint density at radius 1 is 1.19 bits per heavy atom. The smallest absolute Gasteiger partial charge is 0.279 e. The van der Waals surface area contributed by atoms with Crippen LogP contribution in [0.3, 0.4) is 0 Å². The monoisotopic (exact) mass is 381 g/mol. The van der Waals surface area contributed by atoms with Gasteiger partial charge < -0.3 is 4.74 Å². The summed E-state index contributed by atoms with van der Waals surface area (Å²) in [6.07, 6.45) is -0.979. The second-order valence-corrected chi connectivity index (χ2v) is 5.49. The number of non-ortho nitro benzene ring substituents is 1. The van der Waals surface area contributed by atoms with Crippen LogP contribution in [-0.4, -0.2) is 22.8 Å². The first-order valence-electron chi connectivity index (χ1n) is 7.24. The zero-order chi connectivity index (χ0) is 19.3. The van der Waals surface area contributed by atoms with Crippen molar-refractivity contribution < 1.29 is 23.6 Å². The molecule has 0 saturated heterocycles. The molecule has 0 fully saturated rings. The fourth-order valence-electron chi connectivity index (χ4n) is 1.86. The van der Waals surface area contributed by atoms with Crippen molar-refractivity contribution in [2.75, 3.05) is 0 Å². The third kappa shape index (κ3) is 4.90. The number of carbonyl (C=O) groups is 2. The number of nitrogens with one attached hydrogen (secondary N) is 2. The second-order valence-electron chi connectivity index (χ2n) is 5.08. The number of nitro benzene ring substituents is 1. The predicted octanol–water partition coefficient (Wildman–Crippen LogP) is 2.62. The van der Waals surface area contributed by atoms with Crippen LogP contribution in [0.5, 0.6) is 5.75 Å². The second kappa shape index (κ2) is 8.26. The summed E-state index contributed by atoms with van der Waals surface area (Å²) in [5.74, 6) is -1.59. The number of hydrogen-bond acceptors (Lipinski definition) is 5. The van der Waals surface area contributed by atoms with E-state index in [2.05, 4.69) is 10.9 Å². The van der Waals surface area contributed by atoms with Crippen molar-refractivity contribution >= 4 is 29.1 Å². The molecule has 0 heterocycles. The lowest BCUT2D eigenvalue weighted by molar-refractivity contribution is -0.384. The van der Waals surface area contributed by atoms with E-state index in [1.807, 2.05) is 0 Å². The minimum absolute atomic E-state index is 0.0512. The summed E-state index contributed by atoms with van der Waals surface area (Å²) in [6, 6.07) is 8.38. The normalized spacial score (nSPS) is 11.3. The average Bonchev–Trinajstić information content (AvgIpc) is 2.61. The molecular formula is C16H13ClFN3O5. The molecule has 8 nitrogen and oxygen atoms in total. The number of halogens is 2. The van der Waals surface area contributed by atoms with Crippen LogP contribution in [0.25, 0.3) is 0 Å². The van der Waals surface area contributed by atoms with Crippen molar-refractivity contribution in [2.24, 2.45) is 0 Å². The highest BCUT2D eigenvalue weighted by atomic mass is 35.5. The zero-order valence-corrected chi connectivity index (χ0v) is 14.1. The standard InChI is InChI=1S/C16H13ClFN3O5/c1-9(26-12-5-2-10(18)3-6-12)15(22)19-20-16(23)13-7-4-11(21(24)25)8-14(13)17/h2-9H,1H3,(H,19,22)(H,20,23). The lowest BCUT2D eigenvalue weighted by Crippen LogP contribution is -2.47. The Morgan fingerprint density at radius 3 is 2.42 bits per heavy atom. The SMILES string of the molecule is CC(Oc1ccc(F)cc1)C(=O)NNC(=O)c1ccc([N+](=O)[O-])cc1Cl. The van der Waals surface area contributed by atoms with Gasteiger partial charge >= 0.3 is 0 Å². The first-order chi connectivity index (χ1) is 12.3. The van der Waals surface area contributed by atoms with E-state index in [0.29, 0.717) is 0 Å². The van der Waals surface area contributed by atoms with Crippen LogP contribution in [0.1, 0.15) is 17.3 Å². The predicted molar refractivity (Wildman–Crippen MR) is 90.2 cm³/mol. The van der Waals surface area contributed by atoms with Gasteiger partial charge in [0.25, 0.3) is 17.5 Å². The first-order valence-corrected chi connectivity index (χ1v) is 7.62. The Morgan fingerprint density at radius 2 is 1.85 bits per heavy atom. The van der Waals surface area contributed by atoms with Crippen molar-refractivity contribution in [3.8, 4) is 5.75 Å². The van der Waals surface area contributed by atoms with Crippen LogP contribution in [0.15, 0.2) is 42.5 Å². The summed E-state index contributed by atoms with van der Waals surface area (Å²) >= 11 is 5.83. The molecule has 136 valence electrons. The molecule has 0 radical (unpaired) electrons. The summed E-state index contributed by atoms with van der Waals surface area (Å²) in [5, 5.41) is 10.5.